The molecule has 28 rings (SSSR count). The maximum atomic E-state index is 5.39. The molecule has 0 N–H and O–H groups in total. The minimum Gasteiger partial charge on any atom is -0.309 e. The van der Waals surface area contributed by atoms with E-state index in [0.29, 0.717) is 11.9 Å². The Morgan fingerprint density at radius 2 is 0.543 bits per heavy atom. The van der Waals surface area contributed by atoms with Crippen LogP contribution in [0.3, 0.4) is 0 Å². The first-order valence-corrected chi connectivity index (χ1v) is 47.6. The van der Waals surface area contributed by atoms with E-state index in [9.17, 15) is 0 Å². The van der Waals surface area contributed by atoms with Gasteiger partial charge in [0.2, 0.25) is 11.9 Å². The highest BCUT2D eigenvalue weighted by molar-refractivity contribution is 6.17. The summed E-state index contributed by atoms with van der Waals surface area (Å²) in [5, 5.41) is 10.5. The van der Waals surface area contributed by atoms with Crippen LogP contribution in [-0.2, 0) is 16.2 Å². The lowest BCUT2D eigenvalue weighted by Crippen LogP contribution is -2.16. The fraction of sp³-hybridized carbons (Fsp3) is 0.0698. The monoisotopic (exact) mass is 1770 g/mol. The lowest BCUT2D eigenvalue weighted by molar-refractivity contribution is 0.660. The van der Waals surface area contributed by atoms with Gasteiger partial charge in [-0.1, -0.05) is 412 Å². The molecule has 19 aromatic carbocycles. The summed E-state index contributed by atoms with van der Waals surface area (Å²) in [6.45, 7) is 14.1. The van der Waals surface area contributed by atoms with Crippen molar-refractivity contribution in [2.75, 3.05) is 0 Å². The average Bonchev–Trinajstić information content (AvgIpc) is 1.54. The smallest absolute Gasteiger partial charge is 0.235 e. The fourth-order valence-corrected chi connectivity index (χ4v) is 22.7. The van der Waals surface area contributed by atoms with Crippen molar-refractivity contribution < 1.29 is 0 Å². The Kier molecular flexibility index (Phi) is 18.8. The number of rotatable bonds is 10. The molecule has 0 saturated carbocycles. The number of hydrogen-bond acceptors (Lipinski definition) is 6. The molecule has 0 spiro atoms. The average molecular weight is 1770 g/mol. The molecule has 9 nitrogen and oxygen atoms in total. The first kappa shape index (κ1) is 81.4. The van der Waals surface area contributed by atoms with E-state index in [4.69, 9.17) is 29.9 Å². The lowest BCUT2D eigenvalue weighted by Gasteiger charge is -2.23. The molecule has 0 saturated heterocycles. The second-order valence-electron chi connectivity index (χ2n) is 38.3. The lowest BCUT2D eigenvalue weighted by atomic mass is 9.81. The van der Waals surface area contributed by atoms with Crippen LogP contribution in [0.5, 0.6) is 0 Å². The number of para-hydroxylation sites is 6. The van der Waals surface area contributed by atoms with E-state index >= 15 is 0 Å². The van der Waals surface area contributed by atoms with Gasteiger partial charge >= 0.3 is 0 Å². The molecule has 6 aromatic heterocycles. The van der Waals surface area contributed by atoms with Crippen LogP contribution in [0, 0.1) is 0 Å². The van der Waals surface area contributed by atoms with E-state index in [1.165, 1.54) is 149 Å². The summed E-state index contributed by atoms with van der Waals surface area (Å²) in [4.78, 5) is 31.4. The Bertz CT molecular complexity index is 9230. The van der Waals surface area contributed by atoms with E-state index < -0.39 is 0 Å². The summed E-state index contributed by atoms with van der Waals surface area (Å²) in [6.07, 6.45) is 0. The summed E-state index contributed by atoms with van der Waals surface area (Å²) in [5.74, 6) is 2.09. The van der Waals surface area contributed by atoms with Crippen molar-refractivity contribution in [1.82, 2.24) is 43.6 Å². The molecule has 3 aliphatic rings. The largest absolute Gasteiger partial charge is 0.309 e. The van der Waals surface area contributed by atoms with Gasteiger partial charge in [0.05, 0.1) is 66.7 Å². The standard InChI is InChI=1S/C47H33N3.2C41H29N3/c1-47(2)40-17-9-6-14-35(40)37-28-29-38-36-15-8-11-19-42(36)50(45(38)43(37)47)34-26-24-33(25-27-34)46-48-41-18-10-7-16-39(41)44(49-46)32-22-20-31(21-23-32)30-12-4-3-5-13-30;1-41(2)33-17-9-6-15-31(33)37-34(41)25-24-30-29-14-8-11-19-36(29)44(39(30)37)40-42-35-18-10-7-16-32(35)38(43-40)28-22-20-27(21-23-28)26-12-4-3-5-13-26;1-41(2)34-17-9-6-14-29(34)32-24-33-30-15-8-11-19-37(30)44(38(33)25-35(32)41)40-42-36-18-10-7-16-31(36)39(43-40)28-22-20-27(21-23-28)26-12-4-3-5-13-26/h3-29H,1-2H3;2*3-25H,1-2H3. The second kappa shape index (κ2) is 31.9. The van der Waals surface area contributed by atoms with Gasteiger partial charge in [-0.3, -0.25) is 9.13 Å². The van der Waals surface area contributed by atoms with Crippen LogP contribution in [0.25, 0.3) is 228 Å². The molecule has 9 heteroatoms. The van der Waals surface area contributed by atoms with Gasteiger partial charge in [-0.25, -0.2) is 29.9 Å². The molecule has 0 unspecified atom stereocenters. The molecule has 0 aliphatic heterocycles. The first-order valence-electron chi connectivity index (χ1n) is 47.6. The Morgan fingerprint density at radius 1 is 0.188 bits per heavy atom. The molecule has 652 valence electrons. The summed E-state index contributed by atoms with van der Waals surface area (Å²) >= 11 is 0. The van der Waals surface area contributed by atoms with Gasteiger partial charge in [0.15, 0.2) is 5.82 Å². The van der Waals surface area contributed by atoms with Gasteiger partial charge in [-0.2, -0.15) is 0 Å². The van der Waals surface area contributed by atoms with Crippen molar-refractivity contribution in [3.63, 3.8) is 0 Å². The van der Waals surface area contributed by atoms with Crippen LogP contribution in [0.4, 0.5) is 0 Å². The summed E-state index contributed by atoms with van der Waals surface area (Å²) in [6, 6.07) is 158. The normalized spacial score (nSPS) is 13.3. The van der Waals surface area contributed by atoms with Crippen LogP contribution in [0.15, 0.2) is 443 Å². The van der Waals surface area contributed by atoms with Crippen LogP contribution >= 0.6 is 0 Å². The van der Waals surface area contributed by atoms with Crippen molar-refractivity contribution in [2.24, 2.45) is 0 Å². The molecule has 3 aliphatic carbocycles. The van der Waals surface area contributed by atoms with Gasteiger partial charge in [0, 0.05) is 98.2 Å². The van der Waals surface area contributed by atoms with E-state index in [0.717, 1.165) is 100 Å². The maximum Gasteiger partial charge on any atom is 0.235 e. The highest BCUT2D eigenvalue weighted by Gasteiger charge is 2.41. The predicted molar refractivity (Wildman–Crippen MR) is 572 cm³/mol. The number of hydrogen-bond donors (Lipinski definition) is 0. The molecule has 138 heavy (non-hydrogen) atoms. The molecule has 0 fully saturated rings. The zero-order chi connectivity index (χ0) is 92.2. The number of nitrogens with zero attached hydrogens (tertiary/aromatic N) is 9. The van der Waals surface area contributed by atoms with Crippen molar-refractivity contribution in [3.8, 4) is 130 Å². The highest BCUT2D eigenvalue weighted by Crippen LogP contribution is 2.57. The van der Waals surface area contributed by atoms with Crippen LogP contribution in [-0.4, -0.2) is 43.6 Å². The molecular weight excluding hydrogens is 1680 g/mol. The van der Waals surface area contributed by atoms with Gasteiger partial charge < -0.3 is 4.57 Å². The van der Waals surface area contributed by atoms with Gasteiger partial charge in [0.1, 0.15) is 0 Å². The molecule has 0 bridgehead atoms. The van der Waals surface area contributed by atoms with Crippen LogP contribution < -0.4 is 0 Å². The molecular formula is C129H91N9. The zero-order valence-electron chi connectivity index (χ0n) is 77.2. The summed E-state index contributed by atoms with van der Waals surface area (Å²) in [7, 11) is 0. The van der Waals surface area contributed by atoms with Crippen molar-refractivity contribution >= 4 is 98.1 Å². The third kappa shape index (κ3) is 13.0. The molecule has 25 aromatic rings. The quantitative estimate of drug-likeness (QED) is 0.135. The number of aromatic nitrogens is 9. The van der Waals surface area contributed by atoms with E-state index in [1.807, 2.05) is 12.1 Å². The minimum atomic E-state index is -0.133. The Labute approximate surface area is 799 Å². The Morgan fingerprint density at radius 3 is 1.06 bits per heavy atom. The van der Waals surface area contributed by atoms with Gasteiger partial charge in [-0.05, 0) is 167 Å². The highest BCUT2D eigenvalue weighted by atomic mass is 15.2. The third-order valence-electron chi connectivity index (χ3n) is 29.5. The van der Waals surface area contributed by atoms with Crippen LogP contribution in [0.1, 0.15) is 74.9 Å². The van der Waals surface area contributed by atoms with E-state index in [-0.39, 0.29) is 16.2 Å². The Balaban J connectivity index is 0.000000107. The van der Waals surface area contributed by atoms with E-state index in [1.54, 1.807) is 0 Å². The second-order valence-corrected chi connectivity index (χ2v) is 38.3. The topological polar surface area (TPSA) is 92.1 Å². The maximum absolute atomic E-state index is 5.39. The zero-order valence-corrected chi connectivity index (χ0v) is 77.2. The fourth-order valence-electron chi connectivity index (χ4n) is 22.7. The number of fused-ring (bicyclic) bond motifs is 23. The molecule has 6 heterocycles. The number of benzene rings is 19. The SMILES string of the molecule is CC1(C)c2ccccc2-c2c1ccc1c3ccccc3n(-c3nc(-c4ccc(-c5ccccc5)cc4)c4ccccc4n3)c21.CC1(C)c2ccccc2-c2cc3c4ccccc4n(-c4nc(-c5ccc(-c6ccccc6)cc5)c5ccccc5n4)c3cc21.CC1(C)c2ccccc2-c2ccc3c4ccccc4n(-c4ccc(-c5nc(-c6ccc(-c7ccccc7)cc6)c6ccccc6n5)cc4)c3c21. The molecule has 0 radical (unpaired) electrons. The predicted octanol–water partition coefficient (Wildman–Crippen LogP) is 32.8. The third-order valence-corrected chi connectivity index (χ3v) is 29.5. The van der Waals surface area contributed by atoms with Crippen molar-refractivity contribution in [1.29, 1.82) is 0 Å². The van der Waals surface area contributed by atoms with E-state index in [2.05, 4.69) is 486 Å². The van der Waals surface area contributed by atoms with Crippen LogP contribution in [0.2, 0.25) is 0 Å². The summed E-state index contributed by atoms with van der Waals surface area (Å²) in [5.41, 5.74) is 40.8. The molecule has 0 amide bonds. The molecule has 0 atom stereocenters. The summed E-state index contributed by atoms with van der Waals surface area (Å²) < 4.78 is 7.02. The Hall–Kier alpha value is -17.4. The van der Waals surface area contributed by atoms with Gasteiger partial charge in [0.25, 0.3) is 0 Å². The van der Waals surface area contributed by atoms with Gasteiger partial charge in [-0.15, -0.1) is 0 Å². The van der Waals surface area contributed by atoms with Crippen molar-refractivity contribution in [3.05, 3.63) is 476 Å². The minimum absolute atomic E-state index is 0.0999. The van der Waals surface area contributed by atoms with Crippen molar-refractivity contribution in [2.45, 2.75) is 57.8 Å². The first-order chi connectivity index (χ1) is 67.7.